The Morgan fingerprint density at radius 1 is 1.44 bits per heavy atom. The van der Waals surface area contributed by atoms with Crippen LogP contribution in [0.25, 0.3) is 0 Å². The van der Waals surface area contributed by atoms with Crippen LogP contribution < -0.4 is 10.6 Å². The van der Waals surface area contributed by atoms with E-state index in [9.17, 15) is 9.59 Å². The summed E-state index contributed by atoms with van der Waals surface area (Å²) in [4.78, 5) is 29.9. The van der Waals surface area contributed by atoms with Crippen LogP contribution in [0.1, 0.15) is 51.4 Å². The van der Waals surface area contributed by atoms with Gasteiger partial charge in [-0.25, -0.2) is 4.79 Å². The molecule has 2 aromatic rings. The Morgan fingerprint density at radius 2 is 2.26 bits per heavy atom. The van der Waals surface area contributed by atoms with Gasteiger partial charge in [0.15, 0.2) is 5.11 Å². The monoisotopic (exact) mass is 403 g/mol. The van der Waals surface area contributed by atoms with Gasteiger partial charge in [0.2, 0.25) is 0 Å². The van der Waals surface area contributed by atoms with Gasteiger partial charge in [-0.05, 0) is 62.0 Å². The van der Waals surface area contributed by atoms with Crippen LogP contribution in [0.5, 0.6) is 0 Å². The Labute approximate surface area is 167 Å². The fraction of sp³-hybridized carbons (Fsp3) is 0.368. The van der Waals surface area contributed by atoms with Gasteiger partial charge in [0.25, 0.3) is 5.91 Å². The molecule has 2 aromatic heterocycles. The Hall–Kier alpha value is -2.32. The molecule has 1 atom stereocenters. The van der Waals surface area contributed by atoms with Crippen molar-refractivity contribution in [2.45, 2.75) is 33.1 Å². The molecule has 1 aliphatic carbocycles. The smallest absolute Gasteiger partial charge is 0.341 e. The summed E-state index contributed by atoms with van der Waals surface area (Å²) >= 11 is 6.79. The minimum atomic E-state index is -0.353. The summed E-state index contributed by atoms with van der Waals surface area (Å²) < 4.78 is 5.24. The average molecular weight is 404 g/mol. The van der Waals surface area contributed by atoms with Crippen molar-refractivity contribution in [3.05, 3.63) is 46.1 Å². The van der Waals surface area contributed by atoms with Gasteiger partial charge in [-0.2, -0.15) is 0 Å². The van der Waals surface area contributed by atoms with Crippen molar-refractivity contribution in [1.82, 2.24) is 10.3 Å². The van der Waals surface area contributed by atoms with Crippen molar-refractivity contribution >= 4 is 45.5 Å². The van der Waals surface area contributed by atoms with Crippen molar-refractivity contribution in [2.24, 2.45) is 5.92 Å². The molecule has 0 radical (unpaired) electrons. The molecule has 6 nitrogen and oxygen atoms in total. The lowest BCUT2D eigenvalue weighted by Gasteiger charge is -2.18. The zero-order valence-electron chi connectivity index (χ0n) is 15.2. The maximum absolute atomic E-state index is 12.5. The third-order valence-electron chi connectivity index (χ3n) is 4.37. The number of fused-ring (bicyclic) bond motifs is 1. The van der Waals surface area contributed by atoms with Crippen molar-refractivity contribution in [3.63, 3.8) is 0 Å². The fourth-order valence-corrected chi connectivity index (χ4v) is 4.73. The normalized spacial score (nSPS) is 15.6. The molecule has 8 heteroatoms. The van der Waals surface area contributed by atoms with E-state index in [4.69, 9.17) is 17.0 Å². The first-order chi connectivity index (χ1) is 13.0. The summed E-state index contributed by atoms with van der Waals surface area (Å²) in [6.07, 6.45) is 5.88. The van der Waals surface area contributed by atoms with Gasteiger partial charge in [0, 0.05) is 17.3 Å². The van der Waals surface area contributed by atoms with E-state index < -0.39 is 0 Å². The van der Waals surface area contributed by atoms with Crippen LogP contribution in [-0.2, 0) is 17.6 Å². The topological polar surface area (TPSA) is 80.3 Å². The second-order valence-electron chi connectivity index (χ2n) is 6.43. The molecule has 0 fully saturated rings. The summed E-state index contributed by atoms with van der Waals surface area (Å²) in [7, 11) is 0. The average Bonchev–Trinajstić information content (AvgIpc) is 2.99. The lowest BCUT2D eigenvalue weighted by molar-refractivity contribution is 0.0526. The Kier molecular flexibility index (Phi) is 6.18. The first-order valence-electron chi connectivity index (χ1n) is 8.83. The molecule has 0 saturated carbocycles. The van der Waals surface area contributed by atoms with Crippen LogP contribution in [0, 0.1) is 5.92 Å². The number of carbonyl (C=O) groups excluding carboxylic acids is 2. The van der Waals surface area contributed by atoms with Crippen molar-refractivity contribution < 1.29 is 14.3 Å². The van der Waals surface area contributed by atoms with Crippen molar-refractivity contribution in [1.29, 1.82) is 0 Å². The van der Waals surface area contributed by atoms with E-state index in [1.54, 1.807) is 25.3 Å². The molecule has 0 aliphatic heterocycles. The number of nitrogens with zero attached hydrogens (tertiary/aromatic N) is 1. The highest BCUT2D eigenvalue weighted by Crippen LogP contribution is 2.40. The third-order valence-corrected chi connectivity index (χ3v) is 5.74. The Balaban J connectivity index is 1.80. The number of ether oxygens (including phenoxy) is 1. The molecule has 142 valence electrons. The summed E-state index contributed by atoms with van der Waals surface area (Å²) in [6.45, 7) is 4.30. The minimum Gasteiger partial charge on any atom is -0.462 e. The fourth-order valence-electron chi connectivity index (χ4n) is 3.06. The number of aromatic nitrogens is 1. The second kappa shape index (κ2) is 8.58. The van der Waals surface area contributed by atoms with Gasteiger partial charge in [-0.3, -0.25) is 15.1 Å². The standard InChI is InChI=1S/C19H21N3O3S2/c1-3-25-18(24)15-13-7-6-11(2)9-14(13)27-17(15)22-19(26)21-16(23)12-5-4-8-20-10-12/h4-5,8,10-11H,3,6-7,9H2,1-2H3,(H2,21,22,23,26). The van der Waals surface area contributed by atoms with Gasteiger partial charge >= 0.3 is 5.97 Å². The minimum absolute atomic E-state index is 0.140. The molecule has 1 amide bonds. The van der Waals surface area contributed by atoms with Gasteiger partial charge < -0.3 is 10.1 Å². The van der Waals surface area contributed by atoms with E-state index in [0.717, 1.165) is 24.8 Å². The summed E-state index contributed by atoms with van der Waals surface area (Å²) in [6, 6.07) is 3.33. The third kappa shape index (κ3) is 4.51. The lowest BCUT2D eigenvalue weighted by atomic mass is 9.88. The Bertz CT molecular complexity index is 865. The molecular weight excluding hydrogens is 382 g/mol. The molecule has 0 spiro atoms. The first kappa shape index (κ1) is 19.4. The second-order valence-corrected chi connectivity index (χ2v) is 7.94. The number of nitrogens with one attached hydrogen (secondary N) is 2. The molecule has 2 heterocycles. The number of thiocarbonyl (C=S) groups is 1. The highest BCUT2D eigenvalue weighted by molar-refractivity contribution is 7.80. The SMILES string of the molecule is CCOC(=O)c1c(NC(=S)NC(=O)c2cccnc2)sc2c1CCC(C)C2. The van der Waals surface area contributed by atoms with Gasteiger partial charge in [0.05, 0.1) is 17.7 Å². The van der Waals surface area contributed by atoms with Crippen LogP contribution in [-0.4, -0.2) is 28.6 Å². The number of thiophene rings is 1. The number of esters is 1. The molecule has 1 unspecified atom stereocenters. The quantitative estimate of drug-likeness (QED) is 0.600. The molecular formula is C19H21N3O3S2. The summed E-state index contributed by atoms with van der Waals surface area (Å²) in [5.41, 5.74) is 1.99. The van der Waals surface area contributed by atoms with Crippen LogP contribution >= 0.6 is 23.6 Å². The van der Waals surface area contributed by atoms with E-state index in [2.05, 4.69) is 22.5 Å². The van der Waals surface area contributed by atoms with E-state index in [1.807, 2.05) is 0 Å². The van der Waals surface area contributed by atoms with Crippen LogP contribution in [0.15, 0.2) is 24.5 Å². The number of anilines is 1. The summed E-state index contributed by atoms with van der Waals surface area (Å²) in [5, 5.41) is 6.42. The maximum atomic E-state index is 12.5. The zero-order valence-corrected chi connectivity index (χ0v) is 16.8. The number of amides is 1. The van der Waals surface area contributed by atoms with E-state index >= 15 is 0 Å². The molecule has 1 aliphatic rings. The van der Waals surface area contributed by atoms with E-state index in [0.29, 0.717) is 28.7 Å². The van der Waals surface area contributed by atoms with E-state index in [1.165, 1.54) is 22.4 Å². The zero-order chi connectivity index (χ0) is 19.4. The highest BCUT2D eigenvalue weighted by atomic mass is 32.1. The molecule has 0 aromatic carbocycles. The van der Waals surface area contributed by atoms with Crippen LogP contribution in [0.2, 0.25) is 0 Å². The van der Waals surface area contributed by atoms with Gasteiger partial charge in [-0.1, -0.05) is 6.92 Å². The van der Waals surface area contributed by atoms with Crippen molar-refractivity contribution in [2.75, 3.05) is 11.9 Å². The predicted octanol–water partition coefficient (Wildman–Crippen LogP) is 3.57. The van der Waals surface area contributed by atoms with Gasteiger partial charge in [-0.15, -0.1) is 11.3 Å². The largest absolute Gasteiger partial charge is 0.462 e. The first-order valence-corrected chi connectivity index (χ1v) is 10.1. The number of rotatable bonds is 4. The summed E-state index contributed by atoms with van der Waals surface area (Å²) in [5.74, 6) is -0.127. The Morgan fingerprint density at radius 3 is 2.96 bits per heavy atom. The predicted molar refractivity (Wildman–Crippen MR) is 109 cm³/mol. The molecule has 0 saturated heterocycles. The molecule has 27 heavy (non-hydrogen) atoms. The number of pyridine rings is 1. The number of carbonyl (C=O) groups is 2. The lowest BCUT2D eigenvalue weighted by Crippen LogP contribution is -2.34. The number of hydrogen-bond acceptors (Lipinski definition) is 6. The van der Waals surface area contributed by atoms with Crippen molar-refractivity contribution in [3.8, 4) is 0 Å². The molecule has 0 bridgehead atoms. The molecule has 3 rings (SSSR count). The maximum Gasteiger partial charge on any atom is 0.341 e. The van der Waals surface area contributed by atoms with Gasteiger partial charge in [0.1, 0.15) is 5.00 Å². The van der Waals surface area contributed by atoms with Crippen LogP contribution in [0.4, 0.5) is 5.00 Å². The van der Waals surface area contributed by atoms with Crippen LogP contribution in [0.3, 0.4) is 0 Å². The molecule has 2 N–H and O–H groups in total. The highest BCUT2D eigenvalue weighted by Gasteiger charge is 2.28. The number of hydrogen-bond donors (Lipinski definition) is 2. The van der Waals surface area contributed by atoms with E-state index in [-0.39, 0.29) is 17.0 Å².